The smallest absolute Gasteiger partial charge is 0.335 e. The Kier molecular flexibility index (Phi) is 6.50. The Labute approximate surface area is 202 Å². The predicted octanol–water partition coefficient (Wildman–Crippen LogP) is 4.33. The molecule has 178 valence electrons. The molecule has 0 radical (unpaired) electrons. The number of hydrogen-bond acceptors (Lipinski definition) is 7. The highest BCUT2D eigenvalue weighted by molar-refractivity contribution is 6.06. The summed E-state index contributed by atoms with van der Waals surface area (Å²) in [7, 11) is 6.54. The van der Waals surface area contributed by atoms with Crippen molar-refractivity contribution in [2.45, 2.75) is 0 Å². The third kappa shape index (κ3) is 4.56. The summed E-state index contributed by atoms with van der Waals surface area (Å²) in [5.41, 5.74) is 3.26. The summed E-state index contributed by atoms with van der Waals surface area (Å²) in [6, 6.07) is 16.9. The van der Waals surface area contributed by atoms with E-state index in [9.17, 15) is 9.59 Å². The van der Waals surface area contributed by atoms with Crippen molar-refractivity contribution in [3.8, 4) is 22.8 Å². The third-order valence-corrected chi connectivity index (χ3v) is 5.61. The van der Waals surface area contributed by atoms with Gasteiger partial charge in [-0.1, -0.05) is 12.1 Å². The minimum absolute atomic E-state index is 0.120. The minimum atomic E-state index is -1.04. The first-order valence-electron chi connectivity index (χ1n) is 10.7. The van der Waals surface area contributed by atoms with Crippen molar-refractivity contribution >= 4 is 34.4 Å². The molecular formula is C26H24N4O5. The van der Waals surface area contributed by atoms with Gasteiger partial charge in [0, 0.05) is 42.4 Å². The standard InChI is InChI=1S/C26H24N4O5/c1-27-26-28-20-14-22(35-4)21(34-3)13-19(20)23(29-26)17-6-5-7-18(12-17)30(2)24(31)15-8-10-16(11-9-15)25(32)33/h5-14H,1-4H3,(H,32,33)(H,27,28,29). The fourth-order valence-electron chi connectivity index (χ4n) is 3.72. The number of aromatic carboxylic acids is 1. The summed E-state index contributed by atoms with van der Waals surface area (Å²) in [4.78, 5) is 34.9. The molecule has 0 fully saturated rings. The lowest BCUT2D eigenvalue weighted by Crippen LogP contribution is -2.26. The number of carboxylic acid groups (broad SMARTS) is 1. The van der Waals surface area contributed by atoms with Crippen molar-refractivity contribution < 1.29 is 24.2 Å². The van der Waals surface area contributed by atoms with E-state index < -0.39 is 5.97 Å². The van der Waals surface area contributed by atoms with Crippen LogP contribution in [-0.2, 0) is 0 Å². The van der Waals surface area contributed by atoms with Crippen LogP contribution in [0.5, 0.6) is 11.5 Å². The summed E-state index contributed by atoms with van der Waals surface area (Å²) in [5.74, 6) is 0.231. The van der Waals surface area contributed by atoms with Crippen LogP contribution in [-0.4, -0.2) is 55.3 Å². The zero-order valence-corrected chi connectivity index (χ0v) is 19.7. The topological polar surface area (TPSA) is 114 Å². The van der Waals surface area contributed by atoms with Gasteiger partial charge in [0.15, 0.2) is 11.5 Å². The molecule has 1 amide bonds. The fourth-order valence-corrected chi connectivity index (χ4v) is 3.72. The van der Waals surface area contributed by atoms with Gasteiger partial charge in [0.05, 0.1) is 31.0 Å². The average molecular weight is 473 g/mol. The number of carbonyl (C=O) groups excluding carboxylic acids is 1. The molecule has 4 rings (SSSR count). The number of methoxy groups -OCH3 is 2. The molecule has 2 N–H and O–H groups in total. The first-order chi connectivity index (χ1) is 16.9. The number of benzene rings is 3. The molecule has 0 spiro atoms. The summed E-state index contributed by atoms with van der Waals surface area (Å²) < 4.78 is 10.9. The highest BCUT2D eigenvalue weighted by Gasteiger charge is 2.18. The first kappa shape index (κ1) is 23.5. The van der Waals surface area contributed by atoms with Gasteiger partial charge in [0.25, 0.3) is 5.91 Å². The van der Waals surface area contributed by atoms with Crippen LogP contribution >= 0.6 is 0 Å². The summed E-state index contributed by atoms with van der Waals surface area (Å²) in [6.07, 6.45) is 0. The third-order valence-electron chi connectivity index (χ3n) is 5.61. The molecule has 1 heterocycles. The number of rotatable bonds is 7. The zero-order chi connectivity index (χ0) is 25.1. The molecule has 3 aromatic carbocycles. The number of carboxylic acids is 1. The molecule has 9 nitrogen and oxygen atoms in total. The quantitative estimate of drug-likeness (QED) is 0.409. The SMILES string of the molecule is CNc1nc(-c2cccc(N(C)C(=O)c3ccc(C(=O)O)cc3)c2)c2cc(OC)c(OC)cc2n1. The Morgan fingerprint density at radius 3 is 2.20 bits per heavy atom. The van der Waals surface area contributed by atoms with Gasteiger partial charge in [-0.05, 0) is 42.5 Å². The molecule has 0 saturated carbocycles. The normalized spacial score (nSPS) is 10.6. The molecule has 0 aliphatic carbocycles. The van der Waals surface area contributed by atoms with E-state index in [2.05, 4.69) is 15.3 Å². The summed E-state index contributed by atoms with van der Waals surface area (Å²) in [5, 5.41) is 12.8. The highest BCUT2D eigenvalue weighted by atomic mass is 16.5. The van der Waals surface area contributed by atoms with Gasteiger partial charge in [-0.2, -0.15) is 0 Å². The largest absolute Gasteiger partial charge is 0.493 e. The van der Waals surface area contributed by atoms with Crippen molar-refractivity contribution in [3.05, 3.63) is 71.8 Å². The zero-order valence-electron chi connectivity index (χ0n) is 19.7. The molecule has 1 aromatic heterocycles. The van der Waals surface area contributed by atoms with Gasteiger partial charge in [0.2, 0.25) is 5.95 Å². The van der Waals surface area contributed by atoms with E-state index in [0.717, 1.165) is 10.9 Å². The van der Waals surface area contributed by atoms with Crippen LogP contribution in [0.2, 0.25) is 0 Å². The molecule has 35 heavy (non-hydrogen) atoms. The van der Waals surface area contributed by atoms with Crippen LogP contribution in [0.4, 0.5) is 11.6 Å². The van der Waals surface area contributed by atoms with Crippen LogP contribution in [0.3, 0.4) is 0 Å². The molecule has 9 heteroatoms. The summed E-state index contributed by atoms with van der Waals surface area (Å²) >= 11 is 0. The molecule has 0 aliphatic rings. The number of amides is 1. The number of aromatic nitrogens is 2. The fraction of sp³-hybridized carbons (Fsp3) is 0.154. The highest BCUT2D eigenvalue weighted by Crippen LogP contribution is 2.37. The van der Waals surface area contributed by atoms with Crippen molar-refractivity contribution in [3.63, 3.8) is 0 Å². The van der Waals surface area contributed by atoms with Crippen molar-refractivity contribution in [2.24, 2.45) is 0 Å². The first-order valence-corrected chi connectivity index (χ1v) is 10.7. The Morgan fingerprint density at radius 2 is 1.57 bits per heavy atom. The van der Waals surface area contributed by atoms with E-state index >= 15 is 0 Å². The Balaban J connectivity index is 1.77. The van der Waals surface area contributed by atoms with E-state index in [1.54, 1.807) is 34.4 Å². The maximum Gasteiger partial charge on any atom is 0.335 e. The number of ether oxygens (including phenoxy) is 2. The number of fused-ring (bicyclic) bond motifs is 1. The summed E-state index contributed by atoms with van der Waals surface area (Å²) in [6.45, 7) is 0. The van der Waals surface area contributed by atoms with Crippen molar-refractivity contribution in [1.82, 2.24) is 9.97 Å². The maximum absolute atomic E-state index is 13.1. The van der Waals surface area contributed by atoms with Gasteiger partial charge in [-0.15, -0.1) is 0 Å². The van der Waals surface area contributed by atoms with Crippen LogP contribution < -0.4 is 19.7 Å². The predicted molar refractivity (Wildman–Crippen MR) is 134 cm³/mol. The molecule has 0 saturated heterocycles. The van der Waals surface area contributed by atoms with Gasteiger partial charge < -0.3 is 24.8 Å². The molecule has 0 atom stereocenters. The molecule has 0 unspecified atom stereocenters. The maximum atomic E-state index is 13.1. The van der Waals surface area contributed by atoms with Gasteiger partial charge in [-0.3, -0.25) is 4.79 Å². The van der Waals surface area contributed by atoms with E-state index in [4.69, 9.17) is 14.6 Å². The van der Waals surface area contributed by atoms with E-state index in [-0.39, 0.29) is 11.5 Å². The van der Waals surface area contributed by atoms with Crippen LogP contribution in [0, 0.1) is 0 Å². The number of nitrogens with one attached hydrogen (secondary N) is 1. The lowest BCUT2D eigenvalue weighted by Gasteiger charge is -2.19. The van der Waals surface area contributed by atoms with Crippen molar-refractivity contribution in [1.29, 1.82) is 0 Å². The lowest BCUT2D eigenvalue weighted by molar-refractivity contribution is 0.0696. The van der Waals surface area contributed by atoms with Gasteiger partial charge in [-0.25, -0.2) is 14.8 Å². The lowest BCUT2D eigenvalue weighted by atomic mass is 10.0. The Bertz CT molecular complexity index is 1420. The van der Waals surface area contributed by atoms with Gasteiger partial charge >= 0.3 is 5.97 Å². The number of nitrogens with zero attached hydrogens (tertiary/aromatic N) is 3. The van der Waals surface area contributed by atoms with E-state index in [1.807, 2.05) is 30.3 Å². The monoisotopic (exact) mass is 472 g/mol. The number of carbonyl (C=O) groups is 2. The minimum Gasteiger partial charge on any atom is -0.493 e. The van der Waals surface area contributed by atoms with Crippen LogP contribution in [0.25, 0.3) is 22.2 Å². The van der Waals surface area contributed by atoms with Crippen LogP contribution in [0.15, 0.2) is 60.7 Å². The molecule has 0 bridgehead atoms. The Morgan fingerprint density at radius 1 is 0.914 bits per heavy atom. The van der Waals surface area contributed by atoms with E-state index in [1.165, 1.54) is 29.2 Å². The second kappa shape index (κ2) is 9.68. The Hall–Kier alpha value is -4.66. The van der Waals surface area contributed by atoms with Crippen LogP contribution in [0.1, 0.15) is 20.7 Å². The molecule has 0 aliphatic heterocycles. The van der Waals surface area contributed by atoms with Crippen molar-refractivity contribution in [2.75, 3.05) is 38.5 Å². The number of anilines is 2. The van der Waals surface area contributed by atoms with E-state index in [0.29, 0.717) is 39.9 Å². The molecule has 4 aromatic rings. The second-order valence-corrected chi connectivity index (χ2v) is 7.67. The van der Waals surface area contributed by atoms with Gasteiger partial charge in [0.1, 0.15) is 0 Å². The molecular weight excluding hydrogens is 448 g/mol. The second-order valence-electron chi connectivity index (χ2n) is 7.67. The average Bonchev–Trinajstić information content (AvgIpc) is 2.90. The number of hydrogen-bond donors (Lipinski definition) is 2.